The standard InChI is InChI=1S/C13H14ClN3OS/c14-9-1-2-11-10(5-9)17-12(19-11)3-4-16-13(18)8-6-15-7-8/h1-2,5,8,15H,3-4,6-7H2,(H,16,18). The van der Waals surface area contributed by atoms with Gasteiger partial charge in [-0.15, -0.1) is 11.3 Å². The molecule has 0 radical (unpaired) electrons. The molecule has 0 bridgehead atoms. The molecule has 4 nitrogen and oxygen atoms in total. The average molecular weight is 296 g/mol. The van der Waals surface area contributed by atoms with E-state index in [4.69, 9.17) is 11.6 Å². The molecule has 1 amide bonds. The number of amides is 1. The van der Waals surface area contributed by atoms with Crippen molar-refractivity contribution in [2.45, 2.75) is 6.42 Å². The lowest BCUT2D eigenvalue weighted by Crippen LogP contribution is -2.51. The van der Waals surface area contributed by atoms with Crippen LogP contribution in [0.25, 0.3) is 10.2 Å². The summed E-state index contributed by atoms with van der Waals surface area (Å²) in [5.41, 5.74) is 0.932. The third-order valence-corrected chi connectivity index (χ3v) is 4.52. The van der Waals surface area contributed by atoms with Crippen molar-refractivity contribution < 1.29 is 4.79 Å². The summed E-state index contributed by atoms with van der Waals surface area (Å²) >= 11 is 7.59. The summed E-state index contributed by atoms with van der Waals surface area (Å²) in [6, 6.07) is 5.73. The van der Waals surface area contributed by atoms with E-state index in [1.807, 2.05) is 18.2 Å². The number of nitrogens with one attached hydrogen (secondary N) is 2. The fourth-order valence-corrected chi connectivity index (χ4v) is 3.08. The highest BCUT2D eigenvalue weighted by molar-refractivity contribution is 7.18. The van der Waals surface area contributed by atoms with Gasteiger partial charge in [-0.25, -0.2) is 4.98 Å². The number of rotatable bonds is 4. The molecule has 3 rings (SSSR count). The average Bonchev–Trinajstić information content (AvgIpc) is 2.68. The summed E-state index contributed by atoms with van der Waals surface area (Å²) in [6.45, 7) is 2.24. The van der Waals surface area contributed by atoms with Crippen LogP contribution in [-0.4, -0.2) is 30.5 Å². The van der Waals surface area contributed by atoms with E-state index < -0.39 is 0 Å². The summed E-state index contributed by atoms with van der Waals surface area (Å²) in [7, 11) is 0. The summed E-state index contributed by atoms with van der Waals surface area (Å²) in [5.74, 6) is 0.289. The van der Waals surface area contributed by atoms with Gasteiger partial charge in [0.25, 0.3) is 0 Å². The summed E-state index contributed by atoms with van der Waals surface area (Å²) in [4.78, 5) is 16.2. The van der Waals surface area contributed by atoms with Crippen LogP contribution in [0.5, 0.6) is 0 Å². The van der Waals surface area contributed by atoms with Crippen LogP contribution in [0.2, 0.25) is 5.02 Å². The number of hydrogen-bond donors (Lipinski definition) is 2. The molecule has 6 heteroatoms. The van der Waals surface area contributed by atoms with Crippen molar-refractivity contribution in [3.63, 3.8) is 0 Å². The molecule has 1 saturated heterocycles. The molecule has 19 heavy (non-hydrogen) atoms. The van der Waals surface area contributed by atoms with Crippen molar-refractivity contribution in [2.24, 2.45) is 5.92 Å². The van der Waals surface area contributed by atoms with Gasteiger partial charge in [0.15, 0.2) is 0 Å². The zero-order valence-corrected chi connectivity index (χ0v) is 11.9. The van der Waals surface area contributed by atoms with Gasteiger partial charge in [0, 0.05) is 31.1 Å². The van der Waals surface area contributed by atoms with Crippen LogP contribution in [0.3, 0.4) is 0 Å². The zero-order chi connectivity index (χ0) is 13.2. The molecular formula is C13H14ClN3OS. The molecule has 1 aliphatic rings. The van der Waals surface area contributed by atoms with Gasteiger partial charge in [0.2, 0.25) is 5.91 Å². The number of thiazole rings is 1. The number of fused-ring (bicyclic) bond motifs is 1. The maximum Gasteiger partial charge on any atom is 0.225 e. The van der Waals surface area contributed by atoms with Gasteiger partial charge in [-0.1, -0.05) is 11.6 Å². The monoisotopic (exact) mass is 295 g/mol. The maximum atomic E-state index is 11.6. The van der Waals surface area contributed by atoms with Crippen molar-refractivity contribution >= 4 is 39.1 Å². The van der Waals surface area contributed by atoms with E-state index in [0.29, 0.717) is 11.6 Å². The molecule has 2 N–H and O–H groups in total. The first-order chi connectivity index (χ1) is 9.22. The highest BCUT2D eigenvalue weighted by atomic mass is 35.5. The van der Waals surface area contributed by atoms with Crippen LogP contribution < -0.4 is 10.6 Å². The van der Waals surface area contributed by atoms with Gasteiger partial charge in [-0.2, -0.15) is 0 Å². The lowest BCUT2D eigenvalue weighted by Gasteiger charge is -2.25. The van der Waals surface area contributed by atoms with E-state index in [1.54, 1.807) is 11.3 Å². The van der Waals surface area contributed by atoms with E-state index in [2.05, 4.69) is 15.6 Å². The van der Waals surface area contributed by atoms with Crippen molar-refractivity contribution in [1.29, 1.82) is 0 Å². The molecule has 0 atom stereocenters. The first-order valence-corrected chi connectivity index (χ1v) is 7.45. The van der Waals surface area contributed by atoms with Gasteiger partial charge in [-0.05, 0) is 18.2 Å². The quantitative estimate of drug-likeness (QED) is 0.905. The second-order valence-corrected chi connectivity index (χ2v) is 6.17. The van der Waals surface area contributed by atoms with E-state index >= 15 is 0 Å². The van der Waals surface area contributed by atoms with Crippen molar-refractivity contribution in [1.82, 2.24) is 15.6 Å². The van der Waals surface area contributed by atoms with Crippen LogP contribution in [0.15, 0.2) is 18.2 Å². The molecule has 2 aromatic rings. The van der Waals surface area contributed by atoms with Gasteiger partial charge in [0.05, 0.1) is 21.1 Å². The van der Waals surface area contributed by atoms with Gasteiger partial charge in [0.1, 0.15) is 0 Å². The molecule has 1 aromatic heterocycles. The molecule has 0 spiro atoms. The fourth-order valence-electron chi connectivity index (χ4n) is 1.97. The number of carbonyl (C=O) groups is 1. The van der Waals surface area contributed by atoms with E-state index in [9.17, 15) is 4.79 Å². The molecule has 2 heterocycles. The Labute approximate surface area is 120 Å². The molecule has 100 valence electrons. The van der Waals surface area contributed by atoms with Crippen molar-refractivity contribution in [2.75, 3.05) is 19.6 Å². The second kappa shape index (κ2) is 5.45. The minimum absolute atomic E-state index is 0.142. The Balaban J connectivity index is 1.57. The first-order valence-electron chi connectivity index (χ1n) is 6.26. The Morgan fingerprint density at radius 2 is 2.37 bits per heavy atom. The summed E-state index contributed by atoms with van der Waals surface area (Å²) < 4.78 is 1.13. The lowest BCUT2D eigenvalue weighted by molar-refractivity contribution is -0.126. The van der Waals surface area contributed by atoms with E-state index in [-0.39, 0.29) is 11.8 Å². The van der Waals surface area contributed by atoms with E-state index in [1.165, 1.54) is 0 Å². The number of hydrogen-bond acceptors (Lipinski definition) is 4. The Morgan fingerprint density at radius 3 is 3.11 bits per heavy atom. The molecule has 1 aromatic carbocycles. The Kier molecular flexibility index (Phi) is 3.68. The largest absolute Gasteiger partial charge is 0.355 e. The minimum Gasteiger partial charge on any atom is -0.355 e. The van der Waals surface area contributed by atoms with Crippen LogP contribution in [0.1, 0.15) is 5.01 Å². The third kappa shape index (κ3) is 2.88. The predicted octanol–water partition coefficient (Wildman–Crippen LogP) is 1.83. The SMILES string of the molecule is O=C(NCCc1nc2cc(Cl)ccc2s1)C1CNC1. The Morgan fingerprint density at radius 1 is 1.53 bits per heavy atom. The highest BCUT2D eigenvalue weighted by Crippen LogP contribution is 2.25. The van der Waals surface area contributed by atoms with Gasteiger partial charge < -0.3 is 10.6 Å². The molecule has 0 aliphatic carbocycles. The van der Waals surface area contributed by atoms with Crippen LogP contribution in [0.4, 0.5) is 0 Å². The number of benzene rings is 1. The number of aromatic nitrogens is 1. The lowest BCUT2D eigenvalue weighted by atomic mass is 10.0. The fraction of sp³-hybridized carbons (Fsp3) is 0.385. The summed E-state index contributed by atoms with van der Waals surface area (Å²) in [5, 5.41) is 7.78. The Hall–Kier alpha value is -1.17. The normalized spacial score (nSPS) is 15.4. The Bertz CT molecular complexity index is 609. The maximum absolute atomic E-state index is 11.6. The van der Waals surface area contributed by atoms with Gasteiger partial charge >= 0.3 is 0 Å². The second-order valence-electron chi connectivity index (χ2n) is 4.62. The molecule has 1 aliphatic heterocycles. The molecule has 1 fully saturated rings. The van der Waals surface area contributed by atoms with Crippen LogP contribution in [-0.2, 0) is 11.2 Å². The minimum atomic E-state index is 0.142. The van der Waals surface area contributed by atoms with Crippen molar-refractivity contribution in [3.8, 4) is 0 Å². The molecule has 0 saturated carbocycles. The predicted molar refractivity (Wildman–Crippen MR) is 77.7 cm³/mol. The number of carbonyl (C=O) groups excluding carboxylic acids is 1. The molecule has 0 unspecified atom stereocenters. The zero-order valence-electron chi connectivity index (χ0n) is 10.3. The van der Waals surface area contributed by atoms with Crippen LogP contribution in [0, 0.1) is 5.92 Å². The van der Waals surface area contributed by atoms with E-state index in [0.717, 1.165) is 34.7 Å². The topological polar surface area (TPSA) is 54.0 Å². The number of nitrogens with zero attached hydrogens (tertiary/aromatic N) is 1. The first kappa shape index (κ1) is 12.8. The molecular weight excluding hydrogens is 282 g/mol. The smallest absolute Gasteiger partial charge is 0.225 e. The summed E-state index contributed by atoms with van der Waals surface area (Å²) in [6.07, 6.45) is 0.767. The van der Waals surface area contributed by atoms with Crippen LogP contribution >= 0.6 is 22.9 Å². The van der Waals surface area contributed by atoms with Gasteiger partial charge in [-0.3, -0.25) is 4.79 Å². The highest BCUT2D eigenvalue weighted by Gasteiger charge is 2.24. The van der Waals surface area contributed by atoms with Crippen molar-refractivity contribution in [3.05, 3.63) is 28.2 Å². The third-order valence-electron chi connectivity index (χ3n) is 3.18. The number of halogens is 1.